The van der Waals surface area contributed by atoms with Crippen molar-refractivity contribution in [3.63, 3.8) is 0 Å². The van der Waals surface area contributed by atoms with Crippen LogP contribution in [-0.2, 0) is 0 Å². The second-order valence-electron chi connectivity index (χ2n) is 6.20. The van der Waals surface area contributed by atoms with E-state index in [1.165, 1.54) is 25.7 Å². The molecule has 0 bridgehead atoms. The summed E-state index contributed by atoms with van der Waals surface area (Å²) in [7, 11) is 4.18. The van der Waals surface area contributed by atoms with E-state index in [0.717, 1.165) is 24.0 Å². The minimum Gasteiger partial charge on any atom is -0.354 e. The molecule has 120 valence electrons. The summed E-state index contributed by atoms with van der Waals surface area (Å²) in [6.07, 6.45) is 9.47. The van der Waals surface area contributed by atoms with Crippen LogP contribution in [-0.4, -0.2) is 42.1 Å². The van der Waals surface area contributed by atoms with E-state index in [0.29, 0.717) is 17.8 Å². The molecule has 0 aliphatic heterocycles. The summed E-state index contributed by atoms with van der Waals surface area (Å²) >= 11 is 3.35. The van der Waals surface area contributed by atoms with Crippen LogP contribution in [0.5, 0.6) is 0 Å². The molecule has 5 heteroatoms. The summed E-state index contributed by atoms with van der Waals surface area (Å²) in [6, 6.07) is 0. The minimum atomic E-state index is 0.599. The smallest absolute Gasteiger partial charge is 0.222 e. The topological polar surface area (TPSA) is 41.0 Å². The molecule has 0 radical (unpaired) electrons. The number of rotatable bonds is 5. The molecule has 1 saturated carbocycles. The van der Waals surface area contributed by atoms with Crippen LogP contribution >= 0.6 is 15.9 Å². The van der Waals surface area contributed by atoms with Gasteiger partial charge in [0.25, 0.3) is 0 Å². The van der Waals surface area contributed by atoms with Gasteiger partial charge in [0.1, 0.15) is 0 Å². The van der Waals surface area contributed by atoms with Crippen LogP contribution < -0.4 is 5.32 Å². The summed E-state index contributed by atoms with van der Waals surface area (Å²) in [5, 5.41) is 3.34. The first kappa shape index (κ1) is 17.2. The Balaban J connectivity index is 1.65. The molecule has 0 spiro atoms. The van der Waals surface area contributed by atoms with Gasteiger partial charge in [0, 0.05) is 37.8 Å². The standard InChI is InChI=1S/C17H25BrN4/c1-22(2)10-4-3-5-14-6-8-15(9-7-14)11-19-17-20-12-16(18)13-21-17/h12-15H,4,6-11H2,1-2H3,(H,19,20,21). The van der Waals surface area contributed by atoms with Crippen molar-refractivity contribution >= 4 is 21.9 Å². The molecule has 0 unspecified atom stereocenters. The highest BCUT2D eigenvalue weighted by Crippen LogP contribution is 2.28. The van der Waals surface area contributed by atoms with Gasteiger partial charge in [0.15, 0.2) is 0 Å². The van der Waals surface area contributed by atoms with Gasteiger partial charge in [0.05, 0.1) is 4.47 Å². The zero-order chi connectivity index (χ0) is 15.8. The van der Waals surface area contributed by atoms with Gasteiger partial charge in [-0.3, -0.25) is 0 Å². The molecule has 0 atom stereocenters. The third-order valence-electron chi connectivity index (χ3n) is 4.01. The van der Waals surface area contributed by atoms with Crippen LogP contribution in [0.1, 0.15) is 32.1 Å². The predicted molar refractivity (Wildman–Crippen MR) is 94.6 cm³/mol. The SMILES string of the molecule is CN(C)CCC#CC1CCC(CNc2ncc(Br)cn2)CC1. The number of aromatic nitrogens is 2. The lowest BCUT2D eigenvalue weighted by Crippen LogP contribution is -2.21. The van der Waals surface area contributed by atoms with E-state index < -0.39 is 0 Å². The molecule has 1 aromatic heterocycles. The number of hydrogen-bond donors (Lipinski definition) is 1. The van der Waals surface area contributed by atoms with Crippen LogP contribution in [0.15, 0.2) is 16.9 Å². The number of halogens is 1. The largest absolute Gasteiger partial charge is 0.354 e. The van der Waals surface area contributed by atoms with Crippen LogP contribution in [0.3, 0.4) is 0 Å². The van der Waals surface area contributed by atoms with Gasteiger partial charge in [-0.2, -0.15) is 0 Å². The van der Waals surface area contributed by atoms with Gasteiger partial charge in [0.2, 0.25) is 5.95 Å². The highest BCUT2D eigenvalue weighted by molar-refractivity contribution is 9.10. The summed E-state index contributed by atoms with van der Waals surface area (Å²) in [6.45, 7) is 2.02. The average Bonchev–Trinajstić information content (AvgIpc) is 2.52. The van der Waals surface area contributed by atoms with Crippen molar-refractivity contribution in [1.82, 2.24) is 14.9 Å². The third kappa shape index (κ3) is 6.33. The Hall–Kier alpha value is -1.12. The first-order valence-electron chi connectivity index (χ1n) is 7.98. The van der Waals surface area contributed by atoms with Gasteiger partial charge < -0.3 is 10.2 Å². The monoisotopic (exact) mass is 364 g/mol. The Kier molecular flexibility index (Phi) is 7.14. The van der Waals surface area contributed by atoms with E-state index in [2.05, 4.69) is 62.1 Å². The first-order valence-corrected chi connectivity index (χ1v) is 8.77. The number of hydrogen-bond acceptors (Lipinski definition) is 4. The van der Waals surface area contributed by atoms with Crippen LogP contribution in [0, 0.1) is 23.7 Å². The van der Waals surface area contributed by atoms with Crippen molar-refractivity contribution in [2.24, 2.45) is 11.8 Å². The summed E-state index contributed by atoms with van der Waals surface area (Å²) < 4.78 is 0.909. The molecule has 1 fully saturated rings. The van der Waals surface area contributed by atoms with Crippen LogP contribution in [0.4, 0.5) is 5.95 Å². The van der Waals surface area contributed by atoms with E-state index in [1.54, 1.807) is 12.4 Å². The van der Waals surface area contributed by atoms with Crippen molar-refractivity contribution in [3.05, 3.63) is 16.9 Å². The predicted octanol–water partition coefficient (Wildman–Crippen LogP) is 3.41. The first-order chi connectivity index (χ1) is 10.6. The summed E-state index contributed by atoms with van der Waals surface area (Å²) in [5.74, 6) is 8.81. The van der Waals surface area contributed by atoms with E-state index in [4.69, 9.17) is 0 Å². The zero-order valence-electron chi connectivity index (χ0n) is 13.5. The number of anilines is 1. The zero-order valence-corrected chi connectivity index (χ0v) is 15.1. The summed E-state index contributed by atoms with van der Waals surface area (Å²) in [5.41, 5.74) is 0. The Bertz CT molecular complexity index is 496. The van der Waals surface area contributed by atoms with Crippen LogP contribution in [0.25, 0.3) is 0 Å². The van der Waals surface area contributed by atoms with Crippen molar-refractivity contribution in [2.45, 2.75) is 32.1 Å². The highest BCUT2D eigenvalue weighted by atomic mass is 79.9. The van der Waals surface area contributed by atoms with Gasteiger partial charge in [-0.25, -0.2) is 9.97 Å². The second kappa shape index (κ2) is 9.12. The molecule has 1 aliphatic rings. The molecular weight excluding hydrogens is 340 g/mol. The van der Waals surface area contributed by atoms with Crippen molar-refractivity contribution < 1.29 is 0 Å². The molecule has 1 aromatic rings. The quantitative estimate of drug-likeness (QED) is 0.812. The number of nitrogens with zero attached hydrogens (tertiary/aromatic N) is 3. The third-order valence-corrected chi connectivity index (χ3v) is 4.42. The van der Waals surface area contributed by atoms with E-state index >= 15 is 0 Å². The Morgan fingerprint density at radius 2 is 1.91 bits per heavy atom. The molecule has 0 aromatic carbocycles. The molecule has 0 amide bonds. The van der Waals surface area contributed by atoms with Gasteiger partial charge in [-0.15, -0.1) is 5.92 Å². The van der Waals surface area contributed by atoms with Gasteiger partial charge in [-0.05, 0) is 61.6 Å². The fourth-order valence-electron chi connectivity index (χ4n) is 2.65. The molecule has 1 heterocycles. The molecule has 4 nitrogen and oxygen atoms in total. The fourth-order valence-corrected chi connectivity index (χ4v) is 2.85. The normalized spacial score (nSPS) is 21.3. The Morgan fingerprint density at radius 3 is 2.55 bits per heavy atom. The maximum absolute atomic E-state index is 4.25. The van der Waals surface area contributed by atoms with E-state index in [-0.39, 0.29) is 0 Å². The van der Waals surface area contributed by atoms with Crippen molar-refractivity contribution in [2.75, 3.05) is 32.5 Å². The Morgan fingerprint density at radius 1 is 1.23 bits per heavy atom. The summed E-state index contributed by atoms with van der Waals surface area (Å²) in [4.78, 5) is 10.7. The average molecular weight is 365 g/mol. The molecular formula is C17H25BrN4. The molecule has 1 aliphatic carbocycles. The lowest BCUT2D eigenvalue weighted by molar-refractivity contribution is 0.328. The second-order valence-corrected chi connectivity index (χ2v) is 7.11. The lowest BCUT2D eigenvalue weighted by atomic mass is 9.82. The fraction of sp³-hybridized carbons (Fsp3) is 0.647. The molecule has 2 rings (SSSR count). The number of nitrogens with one attached hydrogen (secondary N) is 1. The molecule has 22 heavy (non-hydrogen) atoms. The van der Waals surface area contributed by atoms with Crippen molar-refractivity contribution in [3.8, 4) is 11.8 Å². The maximum Gasteiger partial charge on any atom is 0.222 e. The molecule has 1 N–H and O–H groups in total. The van der Waals surface area contributed by atoms with E-state index in [9.17, 15) is 0 Å². The van der Waals surface area contributed by atoms with Gasteiger partial charge >= 0.3 is 0 Å². The van der Waals surface area contributed by atoms with E-state index in [1.807, 2.05) is 0 Å². The highest BCUT2D eigenvalue weighted by Gasteiger charge is 2.19. The van der Waals surface area contributed by atoms with Crippen LogP contribution in [0.2, 0.25) is 0 Å². The maximum atomic E-state index is 4.25. The Labute approximate surface area is 142 Å². The molecule has 0 saturated heterocycles. The van der Waals surface area contributed by atoms with Gasteiger partial charge in [-0.1, -0.05) is 5.92 Å². The van der Waals surface area contributed by atoms with Crippen molar-refractivity contribution in [1.29, 1.82) is 0 Å². The lowest BCUT2D eigenvalue weighted by Gasteiger charge is -2.25. The minimum absolute atomic E-state index is 0.599.